The first-order chi connectivity index (χ1) is 12.4. The number of benzene rings is 2. The number of aromatic nitrogens is 2. The summed E-state index contributed by atoms with van der Waals surface area (Å²) in [6.45, 7) is 3.95. The molecule has 132 valence electrons. The Morgan fingerprint density at radius 1 is 1.04 bits per heavy atom. The Bertz CT molecular complexity index is 955. The molecule has 1 aromatic heterocycles. The van der Waals surface area contributed by atoms with Gasteiger partial charge in [0.2, 0.25) is 5.95 Å². The van der Waals surface area contributed by atoms with Gasteiger partial charge in [-0.25, -0.2) is 9.97 Å². The van der Waals surface area contributed by atoms with E-state index in [0.29, 0.717) is 15.7 Å². The number of carbonyl (C=O) groups excluding carboxylic acids is 1. The Labute approximate surface area is 161 Å². The lowest BCUT2D eigenvalue weighted by Crippen LogP contribution is -2.15. The van der Waals surface area contributed by atoms with E-state index >= 15 is 0 Å². The molecular formula is C19H16Cl2N4O. The maximum absolute atomic E-state index is 12.5. The molecule has 0 spiro atoms. The van der Waals surface area contributed by atoms with Crippen LogP contribution in [0.1, 0.15) is 21.6 Å². The number of carbonyl (C=O) groups is 1. The van der Waals surface area contributed by atoms with Gasteiger partial charge in [-0.2, -0.15) is 0 Å². The van der Waals surface area contributed by atoms with E-state index in [1.807, 2.05) is 32.0 Å². The second-order valence-electron chi connectivity index (χ2n) is 5.82. The molecule has 26 heavy (non-hydrogen) atoms. The van der Waals surface area contributed by atoms with Crippen molar-refractivity contribution >= 4 is 46.4 Å². The van der Waals surface area contributed by atoms with Crippen LogP contribution in [0.5, 0.6) is 0 Å². The van der Waals surface area contributed by atoms with Gasteiger partial charge in [0.05, 0.1) is 15.7 Å². The molecular weight excluding hydrogens is 371 g/mol. The summed E-state index contributed by atoms with van der Waals surface area (Å²) in [4.78, 5) is 20.8. The van der Waals surface area contributed by atoms with Crippen molar-refractivity contribution in [2.45, 2.75) is 13.8 Å². The third-order valence-corrected chi connectivity index (χ3v) is 4.38. The highest BCUT2D eigenvalue weighted by Crippen LogP contribution is 2.30. The van der Waals surface area contributed by atoms with E-state index < -0.39 is 0 Å². The van der Waals surface area contributed by atoms with Crippen LogP contribution >= 0.6 is 23.2 Å². The zero-order valence-corrected chi connectivity index (χ0v) is 15.7. The maximum atomic E-state index is 12.5. The third-order valence-electron chi connectivity index (χ3n) is 3.57. The first-order valence-corrected chi connectivity index (χ1v) is 8.62. The molecule has 0 atom stereocenters. The average Bonchev–Trinajstić information content (AvgIpc) is 2.58. The molecule has 0 aliphatic heterocycles. The van der Waals surface area contributed by atoms with Crippen LogP contribution in [0.4, 0.5) is 17.3 Å². The number of hydrogen-bond donors (Lipinski definition) is 2. The van der Waals surface area contributed by atoms with Crippen LogP contribution in [0.15, 0.2) is 48.7 Å². The summed E-state index contributed by atoms with van der Waals surface area (Å²) in [5, 5.41) is 6.60. The van der Waals surface area contributed by atoms with Crippen LogP contribution < -0.4 is 10.6 Å². The molecule has 0 aliphatic rings. The van der Waals surface area contributed by atoms with Crippen molar-refractivity contribution < 1.29 is 4.79 Å². The van der Waals surface area contributed by atoms with Crippen LogP contribution in [0.2, 0.25) is 10.0 Å². The summed E-state index contributed by atoms with van der Waals surface area (Å²) in [7, 11) is 0. The predicted octanol–water partition coefficient (Wildman–Crippen LogP) is 5.40. The average molecular weight is 387 g/mol. The van der Waals surface area contributed by atoms with Gasteiger partial charge in [-0.15, -0.1) is 0 Å². The number of nitrogens with zero attached hydrogens (tertiary/aromatic N) is 2. The molecule has 0 radical (unpaired) electrons. The summed E-state index contributed by atoms with van der Waals surface area (Å²) < 4.78 is 0. The first-order valence-electron chi connectivity index (χ1n) is 7.86. The fourth-order valence-corrected chi connectivity index (χ4v) is 2.86. The molecule has 2 N–H and O–H groups in total. The lowest BCUT2D eigenvalue weighted by molar-refractivity contribution is 0.102. The lowest BCUT2D eigenvalue weighted by atomic mass is 10.1. The SMILES string of the molecule is Cc1cc(C)cc(NC(=O)c2ccnc(Nc3cccc(Cl)c3Cl)n2)c1. The number of nitrogens with one attached hydrogen (secondary N) is 2. The largest absolute Gasteiger partial charge is 0.323 e. The van der Waals surface area contributed by atoms with Gasteiger partial charge >= 0.3 is 0 Å². The third kappa shape index (κ3) is 4.31. The van der Waals surface area contributed by atoms with E-state index in [2.05, 4.69) is 20.6 Å². The maximum Gasteiger partial charge on any atom is 0.274 e. The van der Waals surface area contributed by atoms with Crippen LogP contribution in [-0.2, 0) is 0 Å². The summed E-state index contributed by atoms with van der Waals surface area (Å²) in [5.74, 6) is -0.0696. The fraction of sp³-hybridized carbons (Fsp3) is 0.105. The highest BCUT2D eigenvalue weighted by Gasteiger charge is 2.11. The molecule has 0 aliphatic carbocycles. The molecule has 0 saturated carbocycles. The number of amides is 1. The molecule has 0 bridgehead atoms. The zero-order valence-electron chi connectivity index (χ0n) is 14.2. The second-order valence-corrected chi connectivity index (χ2v) is 6.61. The van der Waals surface area contributed by atoms with Crippen LogP contribution in [-0.4, -0.2) is 15.9 Å². The molecule has 0 unspecified atom stereocenters. The quantitative estimate of drug-likeness (QED) is 0.629. The van der Waals surface area contributed by atoms with Gasteiger partial charge in [0.25, 0.3) is 5.91 Å². The van der Waals surface area contributed by atoms with E-state index in [0.717, 1.165) is 16.8 Å². The highest BCUT2D eigenvalue weighted by molar-refractivity contribution is 6.43. The van der Waals surface area contributed by atoms with Crippen LogP contribution in [0.3, 0.4) is 0 Å². The first kappa shape index (κ1) is 18.2. The molecule has 1 heterocycles. The Balaban J connectivity index is 1.80. The molecule has 0 saturated heterocycles. The van der Waals surface area contributed by atoms with Gasteiger partial charge in [0.15, 0.2) is 0 Å². The van der Waals surface area contributed by atoms with Gasteiger partial charge in [-0.1, -0.05) is 35.3 Å². The Hall–Kier alpha value is -2.63. The topological polar surface area (TPSA) is 66.9 Å². The van der Waals surface area contributed by atoms with Gasteiger partial charge in [0, 0.05) is 11.9 Å². The van der Waals surface area contributed by atoms with E-state index in [1.54, 1.807) is 24.3 Å². The Morgan fingerprint density at radius 2 is 1.77 bits per heavy atom. The summed E-state index contributed by atoms with van der Waals surface area (Å²) in [5.41, 5.74) is 3.66. The van der Waals surface area contributed by atoms with E-state index in [1.165, 1.54) is 6.20 Å². The number of anilines is 3. The van der Waals surface area contributed by atoms with Crippen LogP contribution in [0.25, 0.3) is 0 Å². The predicted molar refractivity (Wildman–Crippen MR) is 106 cm³/mol. The number of rotatable bonds is 4. The van der Waals surface area contributed by atoms with Crippen molar-refractivity contribution in [3.8, 4) is 0 Å². The molecule has 5 nitrogen and oxygen atoms in total. The molecule has 3 aromatic rings. The summed E-state index contributed by atoms with van der Waals surface area (Å²) in [6.07, 6.45) is 1.50. The van der Waals surface area contributed by atoms with E-state index in [-0.39, 0.29) is 17.5 Å². The smallest absolute Gasteiger partial charge is 0.274 e. The van der Waals surface area contributed by atoms with Crippen molar-refractivity contribution in [3.05, 3.63) is 75.5 Å². The minimum Gasteiger partial charge on any atom is -0.323 e. The molecule has 3 rings (SSSR count). The number of hydrogen-bond acceptors (Lipinski definition) is 4. The Morgan fingerprint density at radius 3 is 2.50 bits per heavy atom. The van der Waals surface area contributed by atoms with E-state index in [4.69, 9.17) is 23.2 Å². The summed E-state index contributed by atoms with van der Waals surface area (Å²) in [6, 6.07) is 12.6. The van der Waals surface area contributed by atoms with Crippen molar-refractivity contribution in [2.24, 2.45) is 0 Å². The molecule has 7 heteroatoms. The lowest BCUT2D eigenvalue weighted by Gasteiger charge is -2.10. The normalized spacial score (nSPS) is 10.5. The van der Waals surface area contributed by atoms with Gasteiger partial charge in [-0.05, 0) is 55.3 Å². The fourth-order valence-electron chi connectivity index (χ4n) is 2.51. The van der Waals surface area contributed by atoms with Crippen LogP contribution in [0, 0.1) is 13.8 Å². The molecule has 2 aromatic carbocycles. The van der Waals surface area contributed by atoms with Crippen molar-refractivity contribution in [1.82, 2.24) is 9.97 Å². The standard InChI is InChI=1S/C19H16Cl2N4O/c1-11-8-12(2)10-13(9-11)23-18(26)16-6-7-22-19(25-16)24-15-5-3-4-14(20)17(15)21/h3-10H,1-2H3,(H,23,26)(H,22,24,25). The second kappa shape index (κ2) is 7.72. The minimum atomic E-state index is -0.322. The summed E-state index contributed by atoms with van der Waals surface area (Å²) >= 11 is 12.2. The zero-order chi connectivity index (χ0) is 18.7. The highest BCUT2D eigenvalue weighted by atomic mass is 35.5. The monoisotopic (exact) mass is 386 g/mol. The molecule has 1 amide bonds. The number of halogens is 2. The number of aryl methyl sites for hydroxylation is 2. The van der Waals surface area contributed by atoms with E-state index in [9.17, 15) is 4.79 Å². The van der Waals surface area contributed by atoms with Crippen molar-refractivity contribution in [1.29, 1.82) is 0 Å². The van der Waals surface area contributed by atoms with Gasteiger partial charge in [0.1, 0.15) is 5.69 Å². The van der Waals surface area contributed by atoms with Gasteiger partial charge < -0.3 is 10.6 Å². The van der Waals surface area contributed by atoms with Crippen molar-refractivity contribution in [2.75, 3.05) is 10.6 Å². The Kier molecular flexibility index (Phi) is 5.40. The minimum absolute atomic E-state index is 0.236. The van der Waals surface area contributed by atoms with Gasteiger partial charge in [-0.3, -0.25) is 4.79 Å². The molecule has 0 fully saturated rings. The van der Waals surface area contributed by atoms with Crippen molar-refractivity contribution in [3.63, 3.8) is 0 Å².